The lowest BCUT2D eigenvalue weighted by molar-refractivity contribution is 0.750. The van der Waals surface area contributed by atoms with Crippen molar-refractivity contribution in [1.29, 1.82) is 0 Å². The smallest absolute Gasteiger partial charge is 0.0628 e. The summed E-state index contributed by atoms with van der Waals surface area (Å²) < 4.78 is 0. The Balaban J connectivity index is 2.48. The SMILES string of the molecule is CC(C)(C)[Si](c1ccccc1)c1ccccc1. The van der Waals surface area contributed by atoms with Crippen molar-refractivity contribution in [1.82, 2.24) is 0 Å². The second kappa shape index (κ2) is 4.88. The van der Waals surface area contributed by atoms with Gasteiger partial charge in [-0.05, 0) is 5.04 Å². The molecule has 0 aromatic heterocycles. The summed E-state index contributed by atoms with van der Waals surface area (Å²) in [6.45, 7) is 7.05. The summed E-state index contributed by atoms with van der Waals surface area (Å²) in [4.78, 5) is 0. The zero-order chi connectivity index (χ0) is 12.3. The summed E-state index contributed by atoms with van der Waals surface area (Å²) in [6, 6.07) is 21.9. The third kappa shape index (κ3) is 2.86. The maximum absolute atomic E-state index is 2.35. The molecule has 17 heavy (non-hydrogen) atoms. The summed E-state index contributed by atoms with van der Waals surface area (Å²) >= 11 is 0. The van der Waals surface area contributed by atoms with Crippen LogP contribution >= 0.6 is 0 Å². The molecular formula is C16H19Si. The molecule has 0 amide bonds. The van der Waals surface area contributed by atoms with E-state index >= 15 is 0 Å². The van der Waals surface area contributed by atoms with Gasteiger partial charge in [0.15, 0.2) is 0 Å². The van der Waals surface area contributed by atoms with Crippen molar-refractivity contribution in [2.45, 2.75) is 25.8 Å². The fourth-order valence-corrected chi connectivity index (χ4v) is 5.36. The van der Waals surface area contributed by atoms with Crippen LogP contribution in [0.1, 0.15) is 20.8 Å². The maximum atomic E-state index is 2.35. The first-order valence-corrected chi connectivity index (χ1v) is 7.57. The molecule has 0 atom stereocenters. The Morgan fingerprint density at radius 3 is 1.29 bits per heavy atom. The van der Waals surface area contributed by atoms with E-state index in [1.54, 1.807) is 0 Å². The molecule has 2 aromatic rings. The van der Waals surface area contributed by atoms with Crippen LogP contribution in [0.2, 0.25) is 5.04 Å². The van der Waals surface area contributed by atoms with Crippen molar-refractivity contribution in [3.8, 4) is 0 Å². The molecule has 0 aliphatic rings. The van der Waals surface area contributed by atoms with Gasteiger partial charge in [-0.3, -0.25) is 0 Å². The Hall–Kier alpha value is -1.34. The Morgan fingerprint density at radius 1 is 0.647 bits per heavy atom. The van der Waals surface area contributed by atoms with Crippen LogP contribution in [0.5, 0.6) is 0 Å². The van der Waals surface area contributed by atoms with E-state index in [2.05, 4.69) is 81.4 Å². The first kappa shape index (κ1) is 12.1. The Morgan fingerprint density at radius 2 is 1.00 bits per heavy atom. The molecular weight excluding hydrogens is 220 g/mol. The van der Waals surface area contributed by atoms with E-state index in [4.69, 9.17) is 0 Å². The first-order chi connectivity index (χ1) is 8.09. The average Bonchev–Trinajstić information content (AvgIpc) is 2.30. The summed E-state index contributed by atoms with van der Waals surface area (Å²) in [5, 5.41) is 3.32. The van der Waals surface area contributed by atoms with Crippen molar-refractivity contribution in [2.75, 3.05) is 0 Å². The van der Waals surface area contributed by atoms with Crippen LogP contribution in [0.4, 0.5) is 0 Å². The molecule has 1 heteroatoms. The van der Waals surface area contributed by atoms with Gasteiger partial charge in [0.25, 0.3) is 0 Å². The van der Waals surface area contributed by atoms with Crippen molar-refractivity contribution < 1.29 is 0 Å². The van der Waals surface area contributed by atoms with E-state index in [1.807, 2.05) is 0 Å². The molecule has 0 saturated heterocycles. The van der Waals surface area contributed by atoms with Crippen LogP contribution in [-0.4, -0.2) is 8.80 Å². The van der Waals surface area contributed by atoms with Gasteiger partial charge in [0.05, 0.1) is 0 Å². The molecule has 0 N–H and O–H groups in total. The van der Waals surface area contributed by atoms with Gasteiger partial charge in [-0.15, -0.1) is 0 Å². The highest BCUT2D eigenvalue weighted by atomic mass is 28.3. The molecule has 2 aromatic carbocycles. The predicted molar refractivity (Wildman–Crippen MR) is 77.6 cm³/mol. The summed E-state index contributed by atoms with van der Waals surface area (Å²) in [5.41, 5.74) is 0. The van der Waals surface area contributed by atoms with E-state index in [1.165, 1.54) is 10.4 Å². The summed E-state index contributed by atoms with van der Waals surface area (Å²) in [6.07, 6.45) is 0. The van der Waals surface area contributed by atoms with Crippen molar-refractivity contribution in [3.63, 3.8) is 0 Å². The molecule has 0 spiro atoms. The lowest BCUT2D eigenvalue weighted by Gasteiger charge is -2.29. The fraction of sp³-hybridized carbons (Fsp3) is 0.250. The molecule has 0 fully saturated rings. The van der Waals surface area contributed by atoms with Crippen LogP contribution in [0.15, 0.2) is 60.7 Å². The highest BCUT2D eigenvalue weighted by Crippen LogP contribution is 2.26. The first-order valence-electron chi connectivity index (χ1n) is 6.07. The Bertz CT molecular complexity index is 414. The normalized spacial score (nSPS) is 11.8. The van der Waals surface area contributed by atoms with Gasteiger partial charge in [-0.1, -0.05) is 91.8 Å². The van der Waals surface area contributed by atoms with Gasteiger partial charge in [0, 0.05) is 0 Å². The van der Waals surface area contributed by atoms with Crippen LogP contribution < -0.4 is 10.4 Å². The second-order valence-corrected chi connectivity index (χ2v) is 8.76. The van der Waals surface area contributed by atoms with E-state index in [-0.39, 0.29) is 0 Å². The van der Waals surface area contributed by atoms with E-state index < -0.39 is 8.80 Å². The van der Waals surface area contributed by atoms with Crippen molar-refractivity contribution in [3.05, 3.63) is 60.7 Å². The minimum absolute atomic E-state index is 0.327. The monoisotopic (exact) mass is 239 g/mol. The lowest BCUT2D eigenvalue weighted by Crippen LogP contribution is -2.48. The van der Waals surface area contributed by atoms with Crippen LogP contribution in [0, 0.1) is 0 Å². The maximum Gasteiger partial charge on any atom is 0.126 e. The van der Waals surface area contributed by atoms with Gasteiger partial charge in [-0.2, -0.15) is 0 Å². The molecule has 87 valence electrons. The zero-order valence-electron chi connectivity index (χ0n) is 10.8. The molecule has 1 radical (unpaired) electrons. The van der Waals surface area contributed by atoms with Crippen molar-refractivity contribution >= 4 is 19.2 Å². The molecule has 0 unspecified atom stereocenters. The molecule has 2 rings (SSSR count). The molecule has 0 aliphatic carbocycles. The van der Waals surface area contributed by atoms with Crippen LogP contribution in [0.25, 0.3) is 0 Å². The second-order valence-electron chi connectivity index (χ2n) is 5.36. The zero-order valence-corrected chi connectivity index (χ0v) is 11.8. The Labute approximate surface area is 106 Å². The number of benzene rings is 2. The number of hydrogen-bond acceptors (Lipinski definition) is 0. The predicted octanol–water partition coefficient (Wildman–Crippen LogP) is 3.10. The molecule has 0 aliphatic heterocycles. The fourth-order valence-electron chi connectivity index (χ4n) is 2.24. The topological polar surface area (TPSA) is 0 Å². The summed E-state index contributed by atoms with van der Waals surface area (Å²) in [7, 11) is -0.715. The van der Waals surface area contributed by atoms with Crippen LogP contribution in [-0.2, 0) is 0 Å². The Kier molecular flexibility index (Phi) is 3.48. The average molecular weight is 239 g/mol. The standard InChI is InChI=1S/C16H19Si/c1-16(2,3)17(14-10-6-4-7-11-14)15-12-8-5-9-13-15/h4-13H,1-3H3. The molecule has 0 saturated carbocycles. The highest BCUT2D eigenvalue weighted by molar-refractivity contribution is 6.87. The van der Waals surface area contributed by atoms with Gasteiger partial charge in [0.1, 0.15) is 8.80 Å². The molecule has 0 nitrogen and oxygen atoms in total. The third-order valence-corrected chi connectivity index (χ3v) is 6.20. The third-order valence-electron chi connectivity index (χ3n) is 2.87. The quantitative estimate of drug-likeness (QED) is 0.707. The van der Waals surface area contributed by atoms with E-state index in [0.717, 1.165) is 0 Å². The minimum Gasteiger partial charge on any atom is -0.0628 e. The largest absolute Gasteiger partial charge is 0.126 e. The van der Waals surface area contributed by atoms with Crippen molar-refractivity contribution in [2.24, 2.45) is 0 Å². The van der Waals surface area contributed by atoms with E-state index in [0.29, 0.717) is 5.04 Å². The van der Waals surface area contributed by atoms with Gasteiger partial charge in [0.2, 0.25) is 0 Å². The lowest BCUT2D eigenvalue weighted by atomic mass is 10.2. The minimum atomic E-state index is -0.715. The van der Waals surface area contributed by atoms with E-state index in [9.17, 15) is 0 Å². The molecule has 0 heterocycles. The van der Waals surface area contributed by atoms with Gasteiger partial charge >= 0.3 is 0 Å². The van der Waals surface area contributed by atoms with Gasteiger partial charge < -0.3 is 0 Å². The highest BCUT2D eigenvalue weighted by Gasteiger charge is 2.29. The summed E-state index contributed by atoms with van der Waals surface area (Å²) in [5.74, 6) is 0. The number of rotatable bonds is 2. The van der Waals surface area contributed by atoms with Gasteiger partial charge in [-0.25, -0.2) is 0 Å². The number of hydrogen-bond donors (Lipinski definition) is 0. The van der Waals surface area contributed by atoms with Crippen LogP contribution in [0.3, 0.4) is 0 Å². The molecule has 0 bridgehead atoms.